The predicted molar refractivity (Wildman–Crippen MR) is 72.0 cm³/mol. The van der Waals surface area contributed by atoms with Gasteiger partial charge in [0.2, 0.25) is 6.79 Å². The molecule has 0 saturated carbocycles. The Hall–Kier alpha value is -1.26. The first-order valence-corrected chi connectivity index (χ1v) is 6.48. The van der Waals surface area contributed by atoms with Gasteiger partial charge < -0.3 is 20.1 Å². The van der Waals surface area contributed by atoms with Crippen molar-refractivity contribution in [2.45, 2.75) is 25.8 Å². The Morgan fingerprint density at radius 3 is 2.83 bits per heavy atom. The lowest BCUT2D eigenvalue weighted by molar-refractivity contribution is 0.174. The highest BCUT2D eigenvalue weighted by atomic mass is 16.7. The van der Waals surface area contributed by atoms with Gasteiger partial charge in [0.25, 0.3) is 0 Å². The smallest absolute Gasteiger partial charge is 0.231 e. The number of hydrogen-bond donors (Lipinski definition) is 1. The molecule has 0 aliphatic carbocycles. The molecule has 2 N–H and O–H groups in total. The highest BCUT2D eigenvalue weighted by Crippen LogP contribution is 2.32. The molecule has 1 aromatic carbocycles. The molecule has 0 saturated heterocycles. The summed E-state index contributed by atoms with van der Waals surface area (Å²) in [5, 5.41) is 0. The first kappa shape index (κ1) is 13.2. The predicted octanol–water partition coefficient (Wildman–Crippen LogP) is 1.63. The summed E-state index contributed by atoms with van der Waals surface area (Å²) in [4.78, 5) is 2.31. The topological polar surface area (TPSA) is 47.7 Å². The Morgan fingerprint density at radius 1 is 1.28 bits per heavy atom. The van der Waals surface area contributed by atoms with E-state index in [1.54, 1.807) is 0 Å². The average Bonchev–Trinajstić information content (AvgIpc) is 2.81. The highest BCUT2D eigenvalue weighted by molar-refractivity contribution is 5.44. The van der Waals surface area contributed by atoms with Crippen molar-refractivity contribution >= 4 is 0 Å². The Bertz CT molecular complexity index is 393. The van der Waals surface area contributed by atoms with Gasteiger partial charge in [0.1, 0.15) is 0 Å². The molecule has 1 aliphatic rings. The van der Waals surface area contributed by atoms with E-state index < -0.39 is 0 Å². The molecule has 1 aromatic rings. The van der Waals surface area contributed by atoms with Crippen molar-refractivity contribution in [2.75, 3.05) is 26.9 Å². The summed E-state index contributed by atoms with van der Waals surface area (Å²) in [7, 11) is 2.13. The van der Waals surface area contributed by atoms with Gasteiger partial charge in [0, 0.05) is 12.6 Å². The lowest BCUT2D eigenvalue weighted by Gasteiger charge is -2.17. The summed E-state index contributed by atoms with van der Waals surface area (Å²) < 4.78 is 10.7. The van der Waals surface area contributed by atoms with E-state index in [1.807, 2.05) is 13.0 Å². The van der Waals surface area contributed by atoms with Gasteiger partial charge >= 0.3 is 0 Å². The third kappa shape index (κ3) is 3.62. The second-order valence-corrected chi connectivity index (χ2v) is 5.01. The lowest BCUT2D eigenvalue weighted by Crippen LogP contribution is -2.27. The first-order chi connectivity index (χ1) is 8.65. The van der Waals surface area contributed by atoms with Crippen LogP contribution in [0.2, 0.25) is 0 Å². The van der Waals surface area contributed by atoms with Crippen molar-refractivity contribution in [3.8, 4) is 11.5 Å². The molecule has 0 radical (unpaired) electrons. The summed E-state index contributed by atoms with van der Waals surface area (Å²) in [6.45, 7) is 4.47. The molecular weight excluding hydrogens is 228 g/mol. The van der Waals surface area contributed by atoms with E-state index in [2.05, 4.69) is 24.1 Å². The fourth-order valence-electron chi connectivity index (χ4n) is 1.95. The number of ether oxygens (including phenoxy) is 2. The van der Waals surface area contributed by atoms with Crippen molar-refractivity contribution in [1.82, 2.24) is 4.90 Å². The SMILES string of the molecule is CC(N)CCN(C)CCc1ccc2c(c1)OCO2. The Labute approximate surface area is 109 Å². The Balaban J connectivity index is 1.79. The maximum absolute atomic E-state index is 5.75. The second-order valence-electron chi connectivity index (χ2n) is 5.01. The zero-order valence-electron chi connectivity index (χ0n) is 11.2. The van der Waals surface area contributed by atoms with Crippen LogP contribution in [0.3, 0.4) is 0 Å². The third-order valence-electron chi connectivity index (χ3n) is 3.19. The monoisotopic (exact) mass is 250 g/mol. The molecule has 1 heterocycles. The minimum Gasteiger partial charge on any atom is -0.454 e. The zero-order valence-corrected chi connectivity index (χ0v) is 11.2. The van der Waals surface area contributed by atoms with Gasteiger partial charge in [-0.2, -0.15) is 0 Å². The summed E-state index contributed by atoms with van der Waals surface area (Å²) >= 11 is 0. The van der Waals surface area contributed by atoms with Gasteiger partial charge in [-0.3, -0.25) is 0 Å². The van der Waals surface area contributed by atoms with E-state index >= 15 is 0 Å². The Kier molecular flexibility index (Phi) is 4.44. The fourth-order valence-corrected chi connectivity index (χ4v) is 1.95. The van der Waals surface area contributed by atoms with Gasteiger partial charge in [-0.15, -0.1) is 0 Å². The normalized spacial score (nSPS) is 15.1. The molecule has 0 aromatic heterocycles. The molecule has 1 atom stereocenters. The number of rotatable bonds is 6. The summed E-state index contributed by atoms with van der Waals surface area (Å²) in [6, 6.07) is 6.44. The minimum absolute atomic E-state index is 0.276. The summed E-state index contributed by atoms with van der Waals surface area (Å²) in [5.74, 6) is 1.72. The first-order valence-electron chi connectivity index (χ1n) is 6.48. The van der Waals surface area contributed by atoms with E-state index in [0.29, 0.717) is 6.79 Å². The maximum Gasteiger partial charge on any atom is 0.231 e. The molecule has 4 nitrogen and oxygen atoms in total. The van der Waals surface area contributed by atoms with E-state index in [0.717, 1.165) is 37.4 Å². The van der Waals surface area contributed by atoms with Crippen molar-refractivity contribution in [1.29, 1.82) is 0 Å². The van der Waals surface area contributed by atoms with Gasteiger partial charge in [-0.1, -0.05) is 6.07 Å². The molecule has 0 fully saturated rings. The van der Waals surface area contributed by atoms with Crippen LogP contribution in [-0.4, -0.2) is 37.9 Å². The van der Waals surface area contributed by atoms with Crippen LogP contribution in [0.25, 0.3) is 0 Å². The number of nitrogens with two attached hydrogens (primary N) is 1. The van der Waals surface area contributed by atoms with Gasteiger partial charge in [0.05, 0.1) is 0 Å². The molecule has 0 spiro atoms. The number of benzene rings is 1. The van der Waals surface area contributed by atoms with Crippen molar-refractivity contribution in [3.63, 3.8) is 0 Å². The van der Waals surface area contributed by atoms with Crippen LogP contribution in [0.15, 0.2) is 18.2 Å². The number of nitrogens with zero attached hydrogens (tertiary/aromatic N) is 1. The summed E-state index contributed by atoms with van der Waals surface area (Å²) in [6.07, 6.45) is 2.06. The minimum atomic E-state index is 0.276. The molecule has 1 aliphatic heterocycles. The number of hydrogen-bond acceptors (Lipinski definition) is 4. The van der Waals surface area contributed by atoms with Gasteiger partial charge in [0.15, 0.2) is 11.5 Å². The van der Waals surface area contributed by atoms with E-state index in [1.165, 1.54) is 5.56 Å². The third-order valence-corrected chi connectivity index (χ3v) is 3.19. The van der Waals surface area contributed by atoms with E-state index in [9.17, 15) is 0 Å². The van der Waals surface area contributed by atoms with Crippen LogP contribution < -0.4 is 15.2 Å². The van der Waals surface area contributed by atoms with Gasteiger partial charge in [-0.05, 0) is 51.1 Å². The number of fused-ring (bicyclic) bond motifs is 1. The van der Waals surface area contributed by atoms with Crippen LogP contribution in [-0.2, 0) is 6.42 Å². The van der Waals surface area contributed by atoms with Crippen LogP contribution in [0, 0.1) is 0 Å². The molecule has 100 valence electrons. The number of likely N-dealkylation sites (N-methyl/N-ethyl adjacent to an activating group) is 1. The van der Waals surface area contributed by atoms with Crippen molar-refractivity contribution in [2.24, 2.45) is 5.73 Å². The molecule has 0 amide bonds. The van der Waals surface area contributed by atoms with Gasteiger partial charge in [-0.25, -0.2) is 0 Å². The van der Waals surface area contributed by atoms with Crippen LogP contribution in [0.5, 0.6) is 11.5 Å². The average molecular weight is 250 g/mol. The standard InChI is InChI=1S/C14H22N2O2/c1-11(15)5-7-16(2)8-6-12-3-4-13-14(9-12)18-10-17-13/h3-4,9,11H,5-8,10,15H2,1-2H3. The van der Waals surface area contributed by atoms with Crippen molar-refractivity contribution < 1.29 is 9.47 Å². The fraction of sp³-hybridized carbons (Fsp3) is 0.571. The highest BCUT2D eigenvalue weighted by Gasteiger charge is 2.13. The molecule has 0 bridgehead atoms. The van der Waals surface area contributed by atoms with Crippen LogP contribution in [0.4, 0.5) is 0 Å². The van der Waals surface area contributed by atoms with E-state index in [4.69, 9.17) is 15.2 Å². The Morgan fingerprint density at radius 2 is 2.06 bits per heavy atom. The molecule has 1 unspecified atom stereocenters. The van der Waals surface area contributed by atoms with Crippen LogP contribution >= 0.6 is 0 Å². The largest absolute Gasteiger partial charge is 0.454 e. The molecule has 2 rings (SSSR count). The lowest BCUT2D eigenvalue weighted by atomic mass is 10.1. The molecule has 18 heavy (non-hydrogen) atoms. The van der Waals surface area contributed by atoms with E-state index in [-0.39, 0.29) is 6.04 Å². The van der Waals surface area contributed by atoms with Crippen LogP contribution in [0.1, 0.15) is 18.9 Å². The quantitative estimate of drug-likeness (QED) is 0.833. The zero-order chi connectivity index (χ0) is 13.0. The second kappa shape index (κ2) is 6.07. The molecule has 4 heteroatoms. The summed E-state index contributed by atoms with van der Waals surface area (Å²) in [5.41, 5.74) is 7.04. The molecular formula is C14H22N2O2. The van der Waals surface area contributed by atoms with Crippen molar-refractivity contribution in [3.05, 3.63) is 23.8 Å². The maximum atomic E-state index is 5.75.